The summed E-state index contributed by atoms with van der Waals surface area (Å²) in [6.07, 6.45) is 0.909. The summed E-state index contributed by atoms with van der Waals surface area (Å²) in [6.45, 7) is 6.49. The van der Waals surface area contributed by atoms with Crippen LogP contribution in [0.2, 0.25) is 5.02 Å². The Morgan fingerprint density at radius 2 is 1.53 bits per heavy atom. The van der Waals surface area contributed by atoms with Crippen molar-refractivity contribution in [3.05, 3.63) is 65.2 Å². The van der Waals surface area contributed by atoms with Gasteiger partial charge in [-0.15, -0.1) is 0 Å². The molecule has 0 saturated carbocycles. The molecule has 184 valence electrons. The fourth-order valence-corrected chi connectivity index (χ4v) is 5.49. The van der Waals surface area contributed by atoms with Crippen molar-refractivity contribution in [1.29, 1.82) is 0 Å². The predicted molar refractivity (Wildman–Crippen MR) is 133 cm³/mol. The van der Waals surface area contributed by atoms with E-state index in [-0.39, 0.29) is 47.7 Å². The van der Waals surface area contributed by atoms with Gasteiger partial charge in [0.15, 0.2) is 0 Å². The maximum atomic E-state index is 13.2. The third kappa shape index (κ3) is 6.37. The molecule has 7 nitrogen and oxygen atoms in total. The lowest BCUT2D eigenvalue weighted by Gasteiger charge is -2.35. The van der Waals surface area contributed by atoms with Crippen LogP contribution in [0.5, 0.6) is 0 Å². The second-order valence-electron chi connectivity index (χ2n) is 9.05. The minimum absolute atomic E-state index is 0.0611. The Balaban J connectivity index is 1.74. The molecule has 0 bridgehead atoms. The topological polar surface area (TPSA) is 95.6 Å². The Morgan fingerprint density at radius 1 is 0.941 bits per heavy atom. The molecule has 1 fully saturated rings. The average Bonchev–Trinajstić information content (AvgIpc) is 2.83. The van der Waals surface area contributed by atoms with Gasteiger partial charge in [-0.1, -0.05) is 43.6 Å². The molecule has 2 amide bonds. The molecular weight excluding hydrogens is 474 g/mol. The van der Waals surface area contributed by atoms with Crippen molar-refractivity contribution >= 4 is 33.4 Å². The minimum Gasteiger partial charge on any atom is -0.352 e. The lowest BCUT2D eigenvalue weighted by atomic mass is 9.89. The molecule has 2 unspecified atom stereocenters. The van der Waals surface area contributed by atoms with Crippen LogP contribution in [0.3, 0.4) is 0 Å². The highest BCUT2D eigenvalue weighted by Crippen LogP contribution is 2.27. The van der Waals surface area contributed by atoms with Gasteiger partial charge < -0.3 is 10.6 Å². The molecule has 2 atom stereocenters. The maximum Gasteiger partial charge on any atom is 0.251 e. The van der Waals surface area contributed by atoms with Crippen molar-refractivity contribution in [2.45, 2.75) is 50.6 Å². The molecular formula is C25H32ClN3O4S. The maximum absolute atomic E-state index is 13.2. The summed E-state index contributed by atoms with van der Waals surface area (Å²) in [5.74, 6) is -0.525. The van der Waals surface area contributed by atoms with Crippen LogP contribution in [0.25, 0.3) is 0 Å². The number of hydrogen-bond donors (Lipinski definition) is 2. The molecule has 2 aromatic rings. The number of benzene rings is 2. The first-order valence-corrected chi connectivity index (χ1v) is 13.3. The smallest absolute Gasteiger partial charge is 0.251 e. The first-order valence-electron chi connectivity index (χ1n) is 11.5. The largest absolute Gasteiger partial charge is 0.352 e. The Labute approximate surface area is 206 Å². The van der Waals surface area contributed by atoms with Gasteiger partial charge in [0.2, 0.25) is 15.9 Å². The van der Waals surface area contributed by atoms with Gasteiger partial charge in [0.05, 0.1) is 4.90 Å². The highest BCUT2D eigenvalue weighted by molar-refractivity contribution is 7.89. The van der Waals surface area contributed by atoms with Crippen LogP contribution in [-0.2, 0) is 14.8 Å². The molecule has 2 N–H and O–H groups in total. The van der Waals surface area contributed by atoms with Gasteiger partial charge in [0, 0.05) is 29.7 Å². The van der Waals surface area contributed by atoms with E-state index in [2.05, 4.69) is 10.6 Å². The highest BCUT2D eigenvalue weighted by atomic mass is 35.5. The quantitative estimate of drug-likeness (QED) is 0.571. The van der Waals surface area contributed by atoms with Gasteiger partial charge in [-0.3, -0.25) is 9.59 Å². The van der Waals surface area contributed by atoms with E-state index in [1.165, 1.54) is 16.4 Å². The van der Waals surface area contributed by atoms with Gasteiger partial charge >= 0.3 is 0 Å². The molecule has 0 aliphatic carbocycles. The number of hydrogen-bond acceptors (Lipinski definition) is 4. The third-order valence-electron chi connectivity index (χ3n) is 6.40. The van der Waals surface area contributed by atoms with Gasteiger partial charge in [0.25, 0.3) is 5.91 Å². The zero-order valence-corrected chi connectivity index (χ0v) is 21.3. The normalized spacial score (nSPS) is 17.2. The van der Waals surface area contributed by atoms with Gasteiger partial charge in [-0.25, -0.2) is 8.42 Å². The van der Waals surface area contributed by atoms with E-state index in [0.717, 1.165) is 0 Å². The van der Waals surface area contributed by atoms with E-state index in [1.807, 2.05) is 26.8 Å². The summed E-state index contributed by atoms with van der Waals surface area (Å²) < 4.78 is 27.5. The Kier molecular flexibility index (Phi) is 8.73. The number of rotatable bonds is 8. The second kappa shape index (κ2) is 11.3. The van der Waals surface area contributed by atoms with Crippen LogP contribution in [0, 0.1) is 11.8 Å². The molecule has 0 spiro atoms. The van der Waals surface area contributed by atoms with E-state index in [9.17, 15) is 18.0 Å². The van der Waals surface area contributed by atoms with Crippen molar-refractivity contribution in [3.8, 4) is 0 Å². The number of amides is 2. The van der Waals surface area contributed by atoms with Crippen LogP contribution in [0.1, 0.15) is 44.0 Å². The SMILES string of the molecule is CC(C)C(C)NC(=O)C(NC(=O)c1ccccc1)C1CCN(S(=O)(=O)c2ccc(Cl)cc2)CC1. The highest BCUT2D eigenvalue weighted by Gasteiger charge is 2.36. The number of piperidine rings is 1. The summed E-state index contributed by atoms with van der Waals surface area (Å²) >= 11 is 5.89. The van der Waals surface area contributed by atoms with Crippen LogP contribution in [0.4, 0.5) is 0 Å². The summed E-state index contributed by atoms with van der Waals surface area (Å²) in [5, 5.41) is 6.38. The van der Waals surface area contributed by atoms with E-state index in [4.69, 9.17) is 11.6 Å². The molecule has 3 rings (SSSR count). The third-order valence-corrected chi connectivity index (χ3v) is 8.56. The van der Waals surface area contributed by atoms with Crippen molar-refractivity contribution in [1.82, 2.24) is 14.9 Å². The Hall–Kier alpha value is -2.42. The lowest BCUT2D eigenvalue weighted by Crippen LogP contribution is -2.55. The van der Waals surface area contributed by atoms with Crippen molar-refractivity contribution < 1.29 is 18.0 Å². The van der Waals surface area contributed by atoms with E-state index in [0.29, 0.717) is 23.4 Å². The molecule has 0 aromatic heterocycles. The molecule has 0 radical (unpaired) electrons. The molecule has 2 aromatic carbocycles. The number of carbonyl (C=O) groups is 2. The van der Waals surface area contributed by atoms with Crippen LogP contribution in [0.15, 0.2) is 59.5 Å². The number of halogens is 1. The molecule has 9 heteroatoms. The number of carbonyl (C=O) groups excluding carboxylic acids is 2. The standard InChI is InChI=1S/C25H32ClN3O4S/c1-17(2)18(3)27-25(31)23(28-24(30)20-7-5-4-6-8-20)19-13-15-29(16-14-19)34(32,33)22-11-9-21(26)10-12-22/h4-12,17-19,23H,13-16H2,1-3H3,(H,27,31)(H,28,30). The summed E-state index contributed by atoms with van der Waals surface area (Å²) in [5.41, 5.74) is 0.472. The summed E-state index contributed by atoms with van der Waals surface area (Å²) in [6, 6.07) is 14.0. The molecule has 1 aliphatic heterocycles. The van der Waals surface area contributed by atoms with E-state index >= 15 is 0 Å². The minimum atomic E-state index is -3.66. The predicted octanol–water partition coefficient (Wildman–Crippen LogP) is 3.70. The number of nitrogens with zero attached hydrogens (tertiary/aromatic N) is 1. The van der Waals surface area contributed by atoms with Gasteiger partial charge in [0.1, 0.15) is 6.04 Å². The summed E-state index contributed by atoms with van der Waals surface area (Å²) in [4.78, 5) is 26.2. The Bertz CT molecular complexity index is 1080. The van der Waals surface area contributed by atoms with E-state index in [1.54, 1.807) is 36.4 Å². The fourth-order valence-electron chi connectivity index (χ4n) is 3.90. The zero-order chi connectivity index (χ0) is 24.9. The van der Waals surface area contributed by atoms with Crippen molar-refractivity contribution in [2.75, 3.05) is 13.1 Å². The van der Waals surface area contributed by atoms with Crippen molar-refractivity contribution in [2.24, 2.45) is 11.8 Å². The molecule has 1 aliphatic rings. The molecule has 34 heavy (non-hydrogen) atoms. The monoisotopic (exact) mass is 505 g/mol. The average molecular weight is 506 g/mol. The Morgan fingerprint density at radius 3 is 2.09 bits per heavy atom. The number of nitrogens with one attached hydrogen (secondary N) is 2. The second-order valence-corrected chi connectivity index (χ2v) is 11.4. The molecule has 1 heterocycles. The van der Waals surface area contributed by atoms with Crippen LogP contribution in [-0.4, -0.2) is 49.7 Å². The summed E-state index contributed by atoms with van der Waals surface area (Å²) in [7, 11) is -3.66. The zero-order valence-electron chi connectivity index (χ0n) is 19.7. The first-order chi connectivity index (χ1) is 16.1. The van der Waals surface area contributed by atoms with Crippen LogP contribution >= 0.6 is 11.6 Å². The lowest BCUT2D eigenvalue weighted by molar-refractivity contribution is -0.125. The number of sulfonamides is 1. The fraction of sp³-hybridized carbons (Fsp3) is 0.440. The molecule has 1 saturated heterocycles. The van der Waals surface area contributed by atoms with Crippen molar-refractivity contribution in [3.63, 3.8) is 0 Å². The van der Waals surface area contributed by atoms with Crippen LogP contribution < -0.4 is 10.6 Å². The van der Waals surface area contributed by atoms with Gasteiger partial charge in [-0.2, -0.15) is 4.31 Å². The van der Waals surface area contributed by atoms with E-state index < -0.39 is 16.1 Å². The first kappa shape index (κ1) is 26.2. The van der Waals surface area contributed by atoms with Gasteiger partial charge in [-0.05, 0) is 68.0 Å².